The van der Waals surface area contributed by atoms with Gasteiger partial charge in [0, 0.05) is 24.1 Å². The Morgan fingerprint density at radius 3 is 3.11 bits per heavy atom. The summed E-state index contributed by atoms with van der Waals surface area (Å²) in [5.74, 6) is 1.07. The van der Waals surface area contributed by atoms with E-state index in [0.29, 0.717) is 43.6 Å². The van der Waals surface area contributed by atoms with Crippen LogP contribution in [0.15, 0.2) is 34.9 Å². The van der Waals surface area contributed by atoms with Gasteiger partial charge >= 0.3 is 5.97 Å². The van der Waals surface area contributed by atoms with Gasteiger partial charge in [-0.05, 0) is 43.3 Å². The molecule has 1 aromatic carbocycles. The summed E-state index contributed by atoms with van der Waals surface area (Å²) in [5.41, 5.74) is 2.43. The molecular weight excluding hydrogens is 356 g/mol. The quantitative estimate of drug-likeness (QED) is 0.626. The molecular formula is C21H26N4O3. The number of aryl methyl sites for hydroxylation is 1. The van der Waals surface area contributed by atoms with Gasteiger partial charge in [0.1, 0.15) is 0 Å². The molecule has 3 heterocycles. The van der Waals surface area contributed by atoms with E-state index in [9.17, 15) is 4.79 Å². The first-order chi connectivity index (χ1) is 13.7. The maximum Gasteiger partial charge on any atom is 0.305 e. The van der Waals surface area contributed by atoms with Crippen molar-refractivity contribution in [2.24, 2.45) is 0 Å². The smallest absolute Gasteiger partial charge is 0.305 e. The van der Waals surface area contributed by atoms with E-state index in [1.165, 1.54) is 36.5 Å². The first kappa shape index (κ1) is 18.7. The molecule has 148 valence electrons. The zero-order valence-corrected chi connectivity index (χ0v) is 16.2. The molecule has 0 saturated carbocycles. The molecule has 0 radical (unpaired) electrons. The lowest BCUT2D eigenvalue weighted by molar-refractivity contribution is -0.140. The van der Waals surface area contributed by atoms with Crippen LogP contribution in [0.1, 0.15) is 55.6 Å². The number of fused-ring (bicyclic) bond motifs is 1. The molecule has 1 saturated heterocycles. The van der Waals surface area contributed by atoms with Gasteiger partial charge in [0.25, 0.3) is 0 Å². The van der Waals surface area contributed by atoms with Gasteiger partial charge in [-0.2, -0.15) is 4.98 Å². The Balaban J connectivity index is 1.42. The molecule has 0 aliphatic carbocycles. The topological polar surface area (TPSA) is 84.2 Å². The number of aromatic nitrogens is 3. The number of esters is 1. The van der Waals surface area contributed by atoms with Crippen molar-refractivity contribution in [1.29, 1.82) is 0 Å². The van der Waals surface area contributed by atoms with E-state index in [-0.39, 0.29) is 5.97 Å². The third-order valence-corrected chi connectivity index (χ3v) is 5.38. The fraction of sp³-hybridized carbons (Fsp3) is 0.476. The predicted octanol–water partition coefficient (Wildman–Crippen LogP) is 3.77. The van der Waals surface area contributed by atoms with Crippen LogP contribution < -0.4 is 0 Å². The summed E-state index contributed by atoms with van der Waals surface area (Å²) in [4.78, 5) is 21.7. The second-order valence-corrected chi connectivity index (χ2v) is 7.33. The van der Waals surface area contributed by atoms with E-state index in [4.69, 9.17) is 4.52 Å². The molecule has 4 rings (SSSR count). The van der Waals surface area contributed by atoms with Crippen molar-refractivity contribution in [3.05, 3.63) is 47.7 Å². The van der Waals surface area contributed by atoms with Gasteiger partial charge in [0.05, 0.1) is 19.7 Å². The molecule has 0 spiro atoms. The van der Waals surface area contributed by atoms with Crippen LogP contribution in [-0.4, -0.2) is 39.6 Å². The normalized spacial score (nSPS) is 17.8. The van der Waals surface area contributed by atoms with E-state index >= 15 is 0 Å². The van der Waals surface area contributed by atoms with Crippen molar-refractivity contribution >= 4 is 16.9 Å². The number of nitrogens with zero attached hydrogens (tertiary/aromatic N) is 3. The third-order valence-electron chi connectivity index (χ3n) is 5.38. The number of ether oxygens (including phenoxy) is 1. The Morgan fingerprint density at radius 2 is 2.25 bits per heavy atom. The number of benzene rings is 1. The SMILES string of the molecule is COC(=O)CCCc1nc(CN2CCCCC2c2cc3ccccc3[nH]2)no1. The molecule has 1 unspecified atom stereocenters. The van der Waals surface area contributed by atoms with Crippen molar-refractivity contribution in [2.45, 2.75) is 51.1 Å². The summed E-state index contributed by atoms with van der Waals surface area (Å²) >= 11 is 0. The number of carbonyl (C=O) groups excluding carboxylic acids is 1. The number of carbonyl (C=O) groups is 1. The van der Waals surface area contributed by atoms with Crippen LogP contribution in [0.3, 0.4) is 0 Å². The van der Waals surface area contributed by atoms with E-state index in [2.05, 4.69) is 55.1 Å². The number of H-pyrrole nitrogens is 1. The average Bonchev–Trinajstić information content (AvgIpc) is 3.35. The van der Waals surface area contributed by atoms with Gasteiger partial charge < -0.3 is 14.2 Å². The Morgan fingerprint density at radius 1 is 1.36 bits per heavy atom. The Kier molecular flexibility index (Phi) is 5.71. The summed E-state index contributed by atoms with van der Waals surface area (Å²) in [6.45, 7) is 1.69. The van der Waals surface area contributed by atoms with E-state index in [0.717, 1.165) is 13.0 Å². The highest BCUT2D eigenvalue weighted by Gasteiger charge is 2.26. The number of likely N-dealkylation sites (tertiary alicyclic amines) is 1. The summed E-state index contributed by atoms with van der Waals surface area (Å²) in [7, 11) is 1.40. The fourth-order valence-corrected chi connectivity index (χ4v) is 3.93. The minimum atomic E-state index is -0.214. The van der Waals surface area contributed by atoms with Crippen molar-refractivity contribution in [2.75, 3.05) is 13.7 Å². The van der Waals surface area contributed by atoms with E-state index in [1.54, 1.807) is 0 Å². The molecule has 7 heteroatoms. The second-order valence-electron chi connectivity index (χ2n) is 7.33. The number of hydrogen-bond acceptors (Lipinski definition) is 6. The molecule has 2 aromatic heterocycles. The van der Waals surface area contributed by atoms with Crippen molar-refractivity contribution in [3.8, 4) is 0 Å². The molecule has 7 nitrogen and oxygen atoms in total. The molecule has 1 fully saturated rings. The number of rotatable bonds is 7. The lowest BCUT2D eigenvalue weighted by atomic mass is 9.99. The van der Waals surface area contributed by atoms with Gasteiger partial charge in [-0.15, -0.1) is 0 Å². The van der Waals surface area contributed by atoms with Crippen molar-refractivity contribution < 1.29 is 14.1 Å². The van der Waals surface area contributed by atoms with Gasteiger partial charge in [0.15, 0.2) is 5.82 Å². The first-order valence-electron chi connectivity index (χ1n) is 9.93. The van der Waals surface area contributed by atoms with Gasteiger partial charge in [-0.3, -0.25) is 9.69 Å². The lowest BCUT2D eigenvalue weighted by Gasteiger charge is -2.34. The highest BCUT2D eigenvalue weighted by atomic mass is 16.5. The number of aromatic amines is 1. The predicted molar refractivity (Wildman–Crippen MR) is 105 cm³/mol. The first-order valence-corrected chi connectivity index (χ1v) is 9.93. The van der Waals surface area contributed by atoms with Gasteiger partial charge in [-0.25, -0.2) is 0 Å². The molecule has 1 N–H and O–H groups in total. The molecule has 1 aliphatic heterocycles. The van der Waals surface area contributed by atoms with E-state index in [1.807, 2.05) is 0 Å². The van der Waals surface area contributed by atoms with Crippen LogP contribution in [0.2, 0.25) is 0 Å². The van der Waals surface area contributed by atoms with Crippen molar-refractivity contribution in [3.63, 3.8) is 0 Å². The summed E-state index contributed by atoms with van der Waals surface area (Å²) in [5, 5.41) is 5.39. The zero-order valence-electron chi connectivity index (χ0n) is 16.2. The minimum absolute atomic E-state index is 0.214. The third kappa shape index (κ3) is 4.25. The van der Waals surface area contributed by atoms with Crippen LogP contribution in [0.5, 0.6) is 0 Å². The van der Waals surface area contributed by atoms with Crippen LogP contribution in [0, 0.1) is 0 Å². The molecule has 0 amide bonds. The molecule has 28 heavy (non-hydrogen) atoms. The number of piperidine rings is 1. The van der Waals surface area contributed by atoms with Crippen LogP contribution in [0.4, 0.5) is 0 Å². The Labute approximate surface area is 164 Å². The monoisotopic (exact) mass is 382 g/mol. The number of para-hydroxylation sites is 1. The Hall–Kier alpha value is -2.67. The van der Waals surface area contributed by atoms with Gasteiger partial charge in [0.2, 0.25) is 5.89 Å². The highest BCUT2D eigenvalue weighted by molar-refractivity contribution is 5.80. The molecule has 0 bridgehead atoms. The maximum atomic E-state index is 11.2. The highest BCUT2D eigenvalue weighted by Crippen LogP contribution is 2.33. The number of hydrogen-bond donors (Lipinski definition) is 1. The maximum absolute atomic E-state index is 11.2. The molecule has 1 atom stereocenters. The van der Waals surface area contributed by atoms with Crippen LogP contribution in [-0.2, 0) is 22.5 Å². The second kappa shape index (κ2) is 8.56. The number of methoxy groups -OCH3 is 1. The summed E-state index contributed by atoms with van der Waals surface area (Å²) < 4.78 is 10.0. The zero-order chi connectivity index (χ0) is 19.3. The fourth-order valence-electron chi connectivity index (χ4n) is 3.93. The minimum Gasteiger partial charge on any atom is -0.469 e. The molecule has 3 aromatic rings. The Bertz CT molecular complexity index is 900. The van der Waals surface area contributed by atoms with Crippen LogP contribution in [0.25, 0.3) is 10.9 Å². The van der Waals surface area contributed by atoms with Crippen molar-refractivity contribution in [1.82, 2.24) is 20.0 Å². The summed E-state index contributed by atoms with van der Waals surface area (Å²) in [6, 6.07) is 11.0. The standard InChI is InChI=1S/C21H26N4O3/c1-27-21(26)11-6-10-20-23-19(24-28-20)14-25-12-5-4-9-18(25)17-13-15-7-2-3-8-16(15)22-17/h2-3,7-8,13,18,22H,4-6,9-12,14H2,1H3. The lowest BCUT2D eigenvalue weighted by Crippen LogP contribution is -2.33. The van der Waals surface area contributed by atoms with E-state index < -0.39 is 0 Å². The average molecular weight is 382 g/mol. The largest absolute Gasteiger partial charge is 0.469 e. The van der Waals surface area contributed by atoms with Gasteiger partial charge in [-0.1, -0.05) is 29.8 Å². The number of nitrogens with one attached hydrogen (secondary N) is 1. The van der Waals surface area contributed by atoms with Crippen LogP contribution >= 0.6 is 0 Å². The summed E-state index contributed by atoms with van der Waals surface area (Å²) in [6.07, 6.45) is 5.13. The molecule has 1 aliphatic rings.